The lowest BCUT2D eigenvalue weighted by molar-refractivity contribution is -0.213. The van der Waals surface area contributed by atoms with Crippen molar-refractivity contribution in [2.24, 2.45) is 17.4 Å². The van der Waals surface area contributed by atoms with Crippen LogP contribution in [-0.4, -0.2) is 24.4 Å². The molecule has 0 aromatic carbocycles. The number of halogens is 3. The van der Waals surface area contributed by atoms with Crippen molar-refractivity contribution in [1.29, 1.82) is 0 Å². The van der Waals surface area contributed by atoms with Gasteiger partial charge in [0.2, 0.25) is 0 Å². The quantitative estimate of drug-likeness (QED) is 0.531. The van der Waals surface area contributed by atoms with Gasteiger partial charge >= 0.3 is 12.1 Å². The maximum absolute atomic E-state index is 11.9. The molecule has 0 radical (unpaired) electrons. The predicted molar refractivity (Wildman–Crippen MR) is 45.5 cm³/mol. The van der Waals surface area contributed by atoms with E-state index in [1.807, 2.05) is 0 Å². The lowest BCUT2D eigenvalue weighted by atomic mass is 10.1. The monoisotopic (exact) mass is 226 g/mol. The molecule has 0 spiro atoms. The number of carbonyl (C=O) groups is 1. The Morgan fingerprint density at radius 1 is 1.53 bits per heavy atom. The molecular weight excluding hydrogens is 213 g/mol. The van der Waals surface area contributed by atoms with E-state index in [4.69, 9.17) is 11.5 Å². The summed E-state index contributed by atoms with van der Waals surface area (Å²) in [5, 5.41) is 0. The van der Waals surface area contributed by atoms with Gasteiger partial charge in [-0.2, -0.15) is 13.2 Å². The molecule has 2 unspecified atom stereocenters. The van der Waals surface area contributed by atoms with Gasteiger partial charge in [-0.25, -0.2) is 4.79 Å². The highest BCUT2D eigenvalue weighted by Crippen LogP contribution is 2.34. The van der Waals surface area contributed by atoms with Gasteiger partial charge in [0.1, 0.15) is 0 Å². The second-order valence-electron chi connectivity index (χ2n) is 3.80. The first-order valence-corrected chi connectivity index (χ1v) is 4.56. The summed E-state index contributed by atoms with van der Waals surface area (Å²) in [5.74, 6) is -2.21. The minimum atomic E-state index is -4.99. The summed E-state index contributed by atoms with van der Waals surface area (Å²) in [6, 6.07) is 0. The van der Waals surface area contributed by atoms with E-state index in [0.717, 1.165) is 0 Å². The number of hydrogen-bond donors (Lipinski definition) is 2. The first-order valence-electron chi connectivity index (χ1n) is 4.56. The Bertz CT molecular complexity index is 257. The molecule has 1 saturated carbocycles. The highest BCUT2D eigenvalue weighted by atomic mass is 19.4. The molecule has 0 amide bonds. The average Bonchev–Trinajstić information content (AvgIpc) is 2.45. The zero-order valence-electron chi connectivity index (χ0n) is 8.01. The maximum atomic E-state index is 11.9. The predicted octanol–water partition coefficient (Wildman–Crippen LogP) is 0.506. The molecule has 4 nitrogen and oxygen atoms in total. The molecular formula is C8H13F3N2O2. The smallest absolute Gasteiger partial charge is 0.437 e. The van der Waals surface area contributed by atoms with E-state index >= 15 is 0 Å². The van der Waals surface area contributed by atoms with Crippen molar-refractivity contribution in [3.8, 4) is 0 Å². The van der Waals surface area contributed by atoms with Gasteiger partial charge in [-0.1, -0.05) is 0 Å². The molecule has 1 aliphatic rings. The normalized spacial score (nSPS) is 31.7. The summed E-state index contributed by atoms with van der Waals surface area (Å²) in [7, 11) is 0. The van der Waals surface area contributed by atoms with Crippen molar-refractivity contribution >= 4 is 5.97 Å². The third-order valence-corrected chi connectivity index (χ3v) is 2.47. The van der Waals surface area contributed by atoms with Crippen LogP contribution in [0.1, 0.15) is 19.3 Å². The fraction of sp³-hybridized carbons (Fsp3) is 0.875. The zero-order chi connectivity index (χ0) is 11.7. The lowest BCUT2D eigenvalue weighted by Crippen LogP contribution is -2.45. The van der Waals surface area contributed by atoms with Crippen molar-refractivity contribution in [1.82, 2.24) is 0 Å². The molecule has 0 aromatic heterocycles. The van der Waals surface area contributed by atoms with Crippen LogP contribution in [0.3, 0.4) is 0 Å². The molecule has 0 aliphatic heterocycles. The highest BCUT2D eigenvalue weighted by molar-refractivity contribution is 5.76. The molecule has 1 rings (SSSR count). The topological polar surface area (TPSA) is 78.3 Å². The number of nitrogens with two attached hydrogens (primary N) is 2. The van der Waals surface area contributed by atoms with Crippen molar-refractivity contribution in [3.05, 3.63) is 0 Å². The largest absolute Gasteiger partial charge is 0.490 e. The summed E-state index contributed by atoms with van der Waals surface area (Å²) in [6.07, 6.45) is -4.01. The average molecular weight is 226 g/mol. The van der Waals surface area contributed by atoms with E-state index < -0.39 is 17.9 Å². The Morgan fingerprint density at radius 3 is 2.53 bits per heavy atom. The van der Waals surface area contributed by atoms with Gasteiger partial charge in [0.05, 0.1) is 0 Å². The molecule has 0 heterocycles. The van der Waals surface area contributed by atoms with Gasteiger partial charge in [-0.15, -0.1) is 0 Å². The number of ether oxygens (including phenoxy) is 1. The summed E-state index contributed by atoms with van der Waals surface area (Å²) in [6.45, 7) is 0.336. The third-order valence-electron chi connectivity index (χ3n) is 2.47. The second-order valence-corrected chi connectivity index (χ2v) is 3.80. The standard InChI is InChI=1S/C8H13F3N2O2/c9-8(10,11)6(14)15-7(13)2-1-5(3-7)4-12/h5H,1-4,12-13H2. The van der Waals surface area contributed by atoms with Crippen LogP contribution in [0.15, 0.2) is 0 Å². The van der Waals surface area contributed by atoms with Gasteiger partial charge in [-0.05, 0) is 18.9 Å². The van der Waals surface area contributed by atoms with E-state index in [-0.39, 0.29) is 18.8 Å². The van der Waals surface area contributed by atoms with Gasteiger partial charge in [-0.3, -0.25) is 5.73 Å². The molecule has 15 heavy (non-hydrogen) atoms. The SMILES string of the molecule is NCC1CCC(N)(OC(=O)C(F)(F)F)C1. The van der Waals surface area contributed by atoms with Crippen LogP contribution in [0, 0.1) is 5.92 Å². The van der Waals surface area contributed by atoms with Crippen LogP contribution < -0.4 is 11.5 Å². The number of alkyl halides is 3. The van der Waals surface area contributed by atoms with E-state index in [0.29, 0.717) is 13.0 Å². The van der Waals surface area contributed by atoms with Crippen molar-refractivity contribution in [2.75, 3.05) is 6.54 Å². The molecule has 7 heteroatoms. The summed E-state index contributed by atoms with van der Waals surface area (Å²) < 4.78 is 39.9. The van der Waals surface area contributed by atoms with Crippen LogP contribution in [0.5, 0.6) is 0 Å². The van der Waals surface area contributed by atoms with Crippen LogP contribution in [-0.2, 0) is 9.53 Å². The zero-order valence-corrected chi connectivity index (χ0v) is 8.01. The van der Waals surface area contributed by atoms with Crippen LogP contribution in [0.2, 0.25) is 0 Å². The maximum Gasteiger partial charge on any atom is 0.490 e. The van der Waals surface area contributed by atoms with Crippen molar-refractivity contribution in [2.45, 2.75) is 31.2 Å². The van der Waals surface area contributed by atoms with Gasteiger partial charge in [0.15, 0.2) is 5.72 Å². The molecule has 2 atom stereocenters. The fourth-order valence-corrected chi connectivity index (χ4v) is 1.68. The van der Waals surface area contributed by atoms with Gasteiger partial charge in [0.25, 0.3) is 0 Å². The van der Waals surface area contributed by atoms with E-state index in [1.165, 1.54) is 0 Å². The van der Waals surface area contributed by atoms with E-state index in [1.54, 1.807) is 0 Å². The van der Waals surface area contributed by atoms with Crippen molar-refractivity contribution in [3.63, 3.8) is 0 Å². The van der Waals surface area contributed by atoms with Crippen LogP contribution >= 0.6 is 0 Å². The molecule has 4 N–H and O–H groups in total. The highest BCUT2D eigenvalue weighted by Gasteiger charge is 2.47. The Balaban J connectivity index is 2.55. The van der Waals surface area contributed by atoms with Crippen LogP contribution in [0.4, 0.5) is 13.2 Å². The van der Waals surface area contributed by atoms with Crippen LogP contribution in [0.25, 0.3) is 0 Å². The Hall–Kier alpha value is -0.820. The number of esters is 1. The molecule has 1 fully saturated rings. The number of rotatable bonds is 2. The van der Waals surface area contributed by atoms with E-state index in [9.17, 15) is 18.0 Å². The molecule has 88 valence electrons. The summed E-state index contributed by atoms with van der Waals surface area (Å²) in [5.41, 5.74) is 9.37. The summed E-state index contributed by atoms with van der Waals surface area (Å²) in [4.78, 5) is 10.6. The minimum absolute atomic E-state index is 0.0241. The van der Waals surface area contributed by atoms with E-state index in [2.05, 4.69) is 4.74 Å². The third kappa shape index (κ3) is 3.07. The molecule has 0 aromatic rings. The Morgan fingerprint density at radius 2 is 2.13 bits per heavy atom. The lowest BCUT2D eigenvalue weighted by Gasteiger charge is -2.24. The van der Waals surface area contributed by atoms with Gasteiger partial charge < -0.3 is 10.5 Å². The first kappa shape index (κ1) is 12.3. The molecule has 0 saturated heterocycles. The molecule has 0 bridgehead atoms. The molecule has 1 aliphatic carbocycles. The minimum Gasteiger partial charge on any atom is -0.437 e. The fourth-order valence-electron chi connectivity index (χ4n) is 1.68. The number of carbonyl (C=O) groups excluding carboxylic acids is 1. The van der Waals surface area contributed by atoms with Crippen molar-refractivity contribution < 1.29 is 22.7 Å². The Kier molecular flexibility index (Phi) is 3.25. The van der Waals surface area contributed by atoms with Gasteiger partial charge in [0, 0.05) is 12.8 Å². The Labute approximate surface area is 84.7 Å². The number of hydrogen-bond acceptors (Lipinski definition) is 4. The summed E-state index contributed by atoms with van der Waals surface area (Å²) >= 11 is 0. The first-order chi connectivity index (χ1) is 6.77. The second kappa shape index (κ2) is 3.97.